The summed E-state index contributed by atoms with van der Waals surface area (Å²) in [5.74, 6) is -3.58. The molecule has 0 aromatic rings. The summed E-state index contributed by atoms with van der Waals surface area (Å²) in [6, 6.07) is 0. The van der Waals surface area contributed by atoms with Crippen LogP contribution in [0.5, 0.6) is 0 Å². The highest BCUT2D eigenvalue weighted by atomic mass is 16.8. The van der Waals surface area contributed by atoms with Gasteiger partial charge in [-0.2, -0.15) is 0 Å². The predicted molar refractivity (Wildman–Crippen MR) is 79.0 cm³/mol. The van der Waals surface area contributed by atoms with E-state index in [4.69, 9.17) is 14.6 Å². The van der Waals surface area contributed by atoms with Crippen molar-refractivity contribution in [2.75, 3.05) is 6.61 Å². The van der Waals surface area contributed by atoms with Crippen LogP contribution in [0.4, 0.5) is 0 Å². The molecule has 1 aliphatic heterocycles. The summed E-state index contributed by atoms with van der Waals surface area (Å²) in [4.78, 5) is 11.8. The lowest BCUT2D eigenvalue weighted by atomic mass is 9.98. The SMILES string of the molecule is CCCCCCCCC(=O)OC1(O)O[C@H](CO)[C@@H](O)[C@H](O)[C@H]1O. The molecule has 23 heavy (non-hydrogen) atoms. The number of aliphatic hydroxyl groups is 5. The maximum absolute atomic E-state index is 11.8. The predicted octanol–water partition coefficient (Wildman–Crippen LogP) is -0.600. The molecule has 0 aromatic heterocycles. The molecule has 1 saturated heterocycles. The third-order valence-corrected chi connectivity index (χ3v) is 3.92. The zero-order chi connectivity index (χ0) is 17.5. The van der Waals surface area contributed by atoms with Crippen molar-refractivity contribution in [1.29, 1.82) is 0 Å². The highest BCUT2D eigenvalue weighted by molar-refractivity contribution is 5.69. The number of esters is 1. The average molecular weight is 336 g/mol. The van der Waals surface area contributed by atoms with Crippen molar-refractivity contribution in [3.63, 3.8) is 0 Å². The maximum atomic E-state index is 11.8. The number of aliphatic hydroxyl groups excluding tert-OH is 4. The molecule has 1 rings (SSSR count). The molecule has 0 spiro atoms. The zero-order valence-electron chi connectivity index (χ0n) is 13.4. The number of carbonyl (C=O) groups excluding carboxylic acids is 1. The summed E-state index contributed by atoms with van der Waals surface area (Å²) in [5.41, 5.74) is 0. The first kappa shape index (κ1) is 20.3. The highest BCUT2D eigenvalue weighted by Gasteiger charge is 2.55. The van der Waals surface area contributed by atoms with Crippen molar-refractivity contribution in [2.24, 2.45) is 0 Å². The number of ether oxygens (including phenoxy) is 2. The molecule has 5 atom stereocenters. The van der Waals surface area contributed by atoms with E-state index in [-0.39, 0.29) is 6.42 Å². The lowest BCUT2D eigenvalue weighted by Crippen LogP contribution is -2.66. The van der Waals surface area contributed by atoms with Crippen molar-refractivity contribution < 1.29 is 39.8 Å². The minimum absolute atomic E-state index is 0.0347. The number of carbonyl (C=O) groups is 1. The third-order valence-electron chi connectivity index (χ3n) is 3.92. The van der Waals surface area contributed by atoms with Crippen LogP contribution < -0.4 is 0 Å². The normalized spacial score (nSPS) is 34.3. The van der Waals surface area contributed by atoms with E-state index in [0.29, 0.717) is 6.42 Å². The van der Waals surface area contributed by atoms with Crippen LogP contribution in [0, 0.1) is 0 Å². The Hall–Kier alpha value is -0.770. The standard InChI is InChI=1S/C15H28O8/c1-2-3-4-5-6-7-8-11(17)23-15(21)14(20)13(19)12(18)10(9-16)22-15/h10,12-14,16,18-21H,2-9H2,1H3/t10-,12-,13+,14-,15?/m1/s1. The van der Waals surface area contributed by atoms with Gasteiger partial charge < -0.3 is 35.0 Å². The van der Waals surface area contributed by atoms with Gasteiger partial charge in [-0.15, -0.1) is 0 Å². The summed E-state index contributed by atoms with van der Waals surface area (Å²) in [5, 5.41) is 48.1. The molecule has 0 saturated carbocycles. The van der Waals surface area contributed by atoms with E-state index in [9.17, 15) is 25.2 Å². The maximum Gasteiger partial charge on any atom is 0.357 e. The Morgan fingerprint density at radius 2 is 1.70 bits per heavy atom. The summed E-state index contributed by atoms with van der Waals surface area (Å²) >= 11 is 0. The Labute approximate surface area is 135 Å². The van der Waals surface area contributed by atoms with Gasteiger partial charge in [0.25, 0.3) is 0 Å². The van der Waals surface area contributed by atoms with Crippen molar-refractivity contribution >= 4 is 5.97 Å². The lowest BCUT2D eigenvalue weighted by molar-refractivity contribution is -0.434. The Kier molecular flexibility index (Phi) is 8.38. The van der Waals surface area contributed by atoms with E-state index in [0.717, 1.165) is 32.1 Å². The van der Waals surface area contributed by atoms with Gasteiger partial charge in [-0.25, -0.2) is 0 Å². The average Bonchev–Trinajstić information content (AvgIpc) is 2.52. The second-order valence-electron chi connectivity index (χ2n) is 5.89. The van der Waals surface area contributed by atoms with E-state index in [1.165, 1.54) is 0 Å². The van der Waals surface area contributed by atoms with Gasteiger partial charge in [0.2, 0.25) is 0 Å². The van der Waals surface area contributed by atoms with E-state index >= 15 is 0 Å². The van der Waals surface area contributed by atoms with Crippen LogP contribution in [-0.2, 0) is 14.3 Å². The molecule has 0 aromatic carbocycles. The molecule has 1 aliphatic rings. The molecular formula is C15H28O8. The monoisotopic (exact) mass is 336 g/mol. The summed E-state index contributed by atoms with van der Waals surface area (Å²) in [6.07, 6.45) is -0.998. The topological polar surface area (TPSA) is 137 Å². The fraction of sp³-hybridized carbons (Fsp3) is 0.933. The Bertz CT molecular complexity index is 361. The number of unbranched alkanes of at least 4 members (excludes halogenated alkanes) is 5. The van der Waals surface area contributed by atoms with Crippen LogP contribution in [0.3, 0.4) is 0 Å². The second kappa shape index (κ2) is 9.51. The minimum Gasteiger partial charge on any atom is -0.406 e. The van der Waals surface area contributed by atoms with Crippen molar-refractivity contribution in [3.8, 4) is 0 Å². The van der Waals surface area contributed by atoms with Crippen molar-refractivity contribution in [2.45, 2.75) is 82.3 Å². The van der Waals surface area contributed by atoms with Crippen LogP contribution in [0.15, 0.2) is 0 Å². The molecule has 0 aliphatic carbocycles. The van der Waals surface area contributed by atoms with E-state index in [1.54, 1.807) is 0 Å². The van der Waals surface area contributed by atoms with Gasteiger partial charge in [-0.05, 0) is 6.42 Å². The molecule has 8 heteroatoms. The first-order valence-electron chi connectivity index (χ1n) is 8.12. The lowest BCUT2D eigenvalue weighted by Gasteiger charge is -2.43. The van der Waals surface area contributed by atoms with E-state index in [1.807, 2.05) is 0 Å². The van der Waals surface area contributed by atoms with E-state index in [2.05, 4.69) is 6.92 Å². The molecule has 136 valence electrons. The quantitative estimate of drug-likeness (QED) is 0.214. The Morgan fingerprint density at radius 3 is 2.30 bits per heavy atom. The molecule has 0 radical (unpaired) electrons. The zero-order valence-corrected chi connectivity index (χ0v) is 13.4. The fourth-order valence-corrected chi connectivity index (χ4v) is 2.47. The van der Waals surface area contributed by atoms with Crippen molar-refractivity contribution in [3.05, 3.63) is 0 Å². The van der Waals surface area contributed by atoms with Crippen LogP contribution in [0.2, 0.25) is 0 Å². The highest BCUT2D eigenvalue weighted by Crippen LogP contribution is 2.29. The summed E-state index contributed by atoms with van der Waals surface area (Å²) < 4.78 is 9.58. The first-order valence-corrected chi connectivity index (χ1v) is 8.12. The Morgan fingerprint density at radius 1 is 1.09 bits per heavy atom. The Balaban J connectivity index is 2.45. The van der Waals surface area contributed by atoms with Gasteiger partial charge >= 0.3 is 11.9 Å². The van der Waals surface area contributed by atoms with Gasteiger partial charge in [-0.1, -0.05) is 39.0 Å². The van der Waals surface area contributed by atoms with Gasteiger partial charge in [0, 0.05) is 6.42 Å². The number of rotatable bonds is 9. The van der Waals surface area contributed by atoms with Gasteiger partial charge in [0.15, 0.2) is 6.10 Å². The molecule has 0 bridgehead atoms. The molecule has 8 nitrogen and oxygen atoms in total. The van der Waals surface area contributed by atoms with Crippen LogP contribution >= 0.6 is 0 Å². The molecular weight excluding hydrogens is 308 g/mol. The number of hydrogen-bond donors (Lipinski definition) is 5. The second-order valence-corrected chi connectivity index (χ2v) is 5.89. The molecule has 0 amide bonds. The smallest absolute Gasteiger partial charge is 0.357 e. The molecule has 5 N–H and O–H groups in total. The first-order chi connectivity index (χ1) is 10.9. The van der Waals surface area contributed by atoms with E-state index < -0.39 is 43.0 Å². The van der Waals surface area contributed by atoms with Crippen LogP contribution in [0.1, 0.15) is 51.9 Å². The van der Waals surface area contributed by atoms with Gasteiger partial charge in [0.05, 0.1) is 6.61 Å². The molecule has 1 heterocycles. The minimum atomic E-state index is -2.79. The van der Waals surface area contributed by atoms with Gasteiger partial charge in [-0.3, -0.25) is 4.79 Å². The molecule has 1 fully saturated rings. The third kappa shape index (κ3) is 5.66. The van der Waals surface area contributed by atoms with Crippen LogP contribution in [0.25, 0.3) is 0 Å². The molecule has 1 unspecified atom stereocenters. The summed E-state index contributed by atoms with van der Waals surface area (Å²) in [7, 11) is 0. The van der Waals surface area contributed by atoms with Gasteiger partial charge in [0.1, 0.15) is 18.3 Å². The van der Waals surface area contributed by atoms with Crippen LogP contribution in [-0.4, -0.2) is 68.5 Å². The fourth-order valence-electron chi connectivity index (χ4n) is 2.47. The largest absolute Gasteiger partial charge is 0.406 e. The summed E-state index contributed by atoms with van der Waals surface area (Å²) in [6.45, 7) is 1.39. The number of hydrogen-bond acceptors (Lipinski definition) is 8. The van der Waals surface area contributed by atoms with Crippen molar-refractivity contribution in [1.82, 2.24) is 0 Å².